The number of rotatable bonds is 0. The van der Waals surface area contributed by atoms with Crippen LogP contribution in [0.3, 0.4) is 0 Å². The molecule has 0 unspecified atom stereocenters. The van der Waals surface area contributed by atoms with E-state index in [0.29, 0.717) is 0 Å². The first-order chi connectivity index (χ1) is 6.17. The number of carbonyl (C=O) groups excluding carboxylic acids is 1. The van der Waals surface area contributed by atoms with Gasteiger partial charge in [0, 0.05) is 0 Å². The highest BCUT2D eigenvalue weighted by atomic mass is 16.6. The molecule has 0 aromatic rings. The summed E-state index contributed by atoms with van der Waals surface area (Å²) in [7, 11) is 0. The van der Waals surface area contributed by atoms with Crippen molar-refractivity contribution in [3.05, 3.63) is 0 Å². The molecule has 1 aliphatic heterocycles. The number of cyclic esters (lactones) is 1. The van der Waals surface area contributed by atoms with Gasteiger partial charge in [-0.25, -0.2) is 0 Å². The van der Waals surface area contributed by atoms with Gasteiger partial charge in [-0.15, -0.1) is 0 Å². The minimum absolute atomic E-state index is 0.0489. The molecular weight excluding hydrogens is 166 g/mol. The van der Waals surface area contributed by atoms with E-state index in [1.807, 2.05) is 6.92 Å². The molecule has 2 N–H and O–H groups in total. The molecule has 0 aromatic carbocycles. The normalized spacial score (nSPS) is 37.8. The van der Waals surface area contributed by atoms with Crippen LogP contribution in [0.15, 0.2) is 0 Å². The SMILES string of the molecule is C[C@@H]1OC(=O)C2(CCCCC2)[C@@H]1N. The van der Waals surface area contributed by atoms with Crippen LogP contribution in [0.5, 0.6) is 0 Å². The van der Waals surface area contributed by atoms with E-state index in [9.17, 15) is 4.79 Å². The van der Waals surface area contributed by atoms with E-state index in [1.54, 1.807) is 0 Å². The fourth-order valence-electron chi connectivity index (χ4n) is 2.66. The molecular formula is C10H17NO2. The lowest BCUT2D eigenvalue weighted by molar-refractivity contribution is -0.149. The predicted octanol–water partition coefficient (Wildman–Crippen LogP) is 1.21. The summed E-state index contributed by atoms with van der Waals surface area (Å²) in [4.78, 5) is 11.7. The van der Waals surface area contributed by atoms with E-state index in [-0.39, 0.29) is 23.5 Å². The largest absolute Gasteiger partial charge is 0.461 e. The molecule has 1 spiro atoms. The van der Waals surface area contributed by atoms with Crippen LogP contribution in [0.2, 0.25) is 0 Å². The Morgan fingerprint density at radius 3 is 2.46 bits per heavy atom. The minimum atomic E-state index is -0.322. The predicted molar refractivity (Wildman–Crippen MR) is 49.0 cm³/mol. The Labute approximate surface area is 78.6 Å². The molecule has 3 heteroatoms. The van der Waals surface area contributed by atoms with Gasteiger partial charge < -0.3 is 10.5 Å². The molecule has 0 radical (unpaired) electrons. The molecule has 0 aromatic heterocycles. The van der Waals surface area contributed by atoms with Crippen LogP contribution in [0, 0.1) is 5.41 Å². The number of hydrogen-bond acceptors (Lipinski definition) is 3. The molecule has 1 heterocycles. The van der Waals surface area contributed by atoms with Gasteiger partial charge in [0.1, 0.15) is 6.10 Å². The van der Waals surface area contributed by atoms with E-state index in [1.165, 1.54) is 6.42 Å². The number of ether oxygens (including phenoxy) is 1. The molecule has 1 saturated heterocycles. The molecule has 0 bridgehead atoms. The number of esters is 1. The first-order valence-electron chi connectivity index (χ1n) is 5.13. The third-order valence-electron chi connectivity index (χ3n) is 3.59. The first kappa shape index (κ1) is 9.00. The zero-order valence-corrected chi connectivity index (χ0v) is 8.08. The third-order valence-corrected chi connectivity index (χ3v) is 3.59. The number of carbonyl (C=O) groups is 1. The van der Waals surface area contributed by atoms with Gasteiger partial charge >= 0.3 is 5.97 Å². The van der Waals surface area contributed by atoms with Crippen molar-refractivity contribution in [3.63, 3.8) is 0 Å². The van der Waals surface area contributed by atoms with E-state index in [0.717, 1.165) is 25.7 Å². The number of hydrogen-bond donors (Lipinski definition) is 1. The Hall–Kier alpha value is -0.570. The summed E-state index contributed by atoms with van der Waals surface area (Å²) in [5, 5.41) is 0. The Morgan fingerprint density at radius 1 is 1.38 bits per heavy atom. The molecule has 2 aliphatic rings. The fraction of sp³-hybridized carbons (Fsp3) is 0.900. The van der Waals surface area contributed by atoms with E-state index in [2.05, 4.69) is 0 Å². The van der Waals surface area contributed by atoms with Crippen molar-refractivity contribution in [1.82, 2.24) is 0 Å². The van der Waals surface area contributed by atoms with Crippen LogP contribution in [0.4, 0.5) is 0 Å². The molecule has 3 nitrogen and oxygen atoms in total. The van der Waals surface area contributed by atoms with Crippen LogP contribution >= 0.6 is 0 Å². The standard InChI is InChI=1S/C10H17NO2/c1-7-8(11)10(9(12)13-7)5-3-2-4-6-10/h7-8H,2-6,11H2,1H3/t7-,8+/m0/s1. The lowest BCUT2D eigenvalue weighted by Gasteiger charge is -2.33. The van der Waals surface area contributed by atoms with Crippen molar-refractivity contribution < 1.29 is 9.53 Å². The van der Waals surface area contributed by atoms with Crippen LogP contribution in [0.1, 0.15) is 39.0 Å². The van der Waals surface area contributed by atoms with Crippen molar-refractivity contribution >= 4 is 5.97 Å². The molecule has 74 valence electrons. The molecule has 2 atom stereocenters. The van der Waals surface area contributed by atoms with Gasteiger partial charge in [-0.2, -0.15) is 0 Å². The zero-order chi connectivity index (χ0) is 9.47. The van der Waals surface area contributed by atoms with Crippen molar-refractivity contribution in [2.24, 2.45) is 11.1 Å². The summed E-state index contributed by atoms with van der Waals surface area (Å²) >= 11 is 0. The Kier molecular flexibility index (Phi) is 2.06. The van der Waals surface area contributed by atoms with Gasteiger partial charge in [-0.05, 0) is 19.8 Å². The fourth-order valence-corrected chi connectivity index (χ4v) is 2.66. The van der Waals surface area contributed by atoms with Crippen molar-refractivity contribution in [1.29, 1.82) is 0 Å². The Bertz CT molecular complexity index is 221. The third kappa shape index (κ3) is 1.17. The van der Waals surface area contributed by atoms with Crippen LogP contribution in [0.25, 0.3) is 0 Å². The van der Waals surface area contributed by atoms with Crippen LogP contribution in [-0.4, -0.2) is 18.1 Å². The summed E-state index contributed by atoms with van der Waals surface area (Å²) in [6.07, 6.45) is 5.24. The monoisotopic (exact) mass is 183 g/mol. The summed E-state index contributed by atoms with van der Waals surface area (Å²) < 4.78 is 5.20. The zero-order valence-electron chi connectivity index (χ0n) is 8.08. The van der Waals surface area contributed by atoms with Crippen molar-refractivity contribution in [3.8, 4) is 0 Å². The van der Waals surface area contributed by atoms with Crippen LogP contribution < -0.4 is 5.73 Å². The molecule has 1 saturated carbocycles. The topological polar surface area (TPSA) is 52.3 Å². The Balaban J connectivity index is 2.23. The lowest BCUT2D eigenvalue weighted by Crippen LogP contribution is -2.46. The molecule has 0 amide bonds. The quantitative estimate of drug-likeness (QED) is 0.574. The second-order valence-corrected chi connectivity index (χ2v) is 4.35. The smallest absolute Gasteiger partial charge is 0.314 e. The summed E-state index contributed by atoms with van der Waals surface area (Å²) in [6, 6.07) is -0.0831. The highest BCUT2D eigenvalue weighted by Gasteiger charge is 2.54. The van der Waals surface area contributed by atoms with E-state index < -0.39 is 0 Å². The maximum Gasteiger partial charge on any atom is 0.314 e. The molecule has 2 fully saturated rings. The van der Waals surface area contributed by atoms with E-state index >= 15 is 0 Å². The van der Waals surface area contributed by atoms with Gasteiger partial charge in [0.05, 0.1) is 11.5 Å². The van der Waals surface area contributed by atoms with Gasteiger partial charge in [-0.1, -0.05) is 19.3 Å². The highest BCUT2D eigenvalue weighted by molar-refractivity contribution is 5.80. The van der Waals surface area contributed by atoms with Crippen LogP contribution in [-0.2, 0) is 9.53 Å². The molecule has 13 heavy (non-hydrogen) atoms. The van der Waals surface area contributed by atoms with Gasteiger partial charge in [0.2, 0.25) is 0 Å². The first-order valence-corrected chi connectivity index (χ1v) is 5.13. The summed E-state index contributed by atoms with van der Waals surface area (Å²) in [5.41, 5.74) is 5.71. The maximum absolute atomic E-state index is 11.7. The summed E-state index contributed by atoms with van der Waals surface area (Å²) in [6.45, 7) is 1.89. The second kappa shape index (κ2) is 2.98. The highest BCUT2D eigenvalue weighted by Crippen LogP contribution is 2.45. The second-order valence-electron chi connectivity index (χ2n) is 4.35. The lowest BCUT2D eigenvalue weighted by atomic mass is 9.69. The Morgan fingerprint density at radius 2 is 2.00 bits per heavy atom. The van der Waals surface area contributed by atoms with Crippen molar-refractivity contribution in [2.75, 3.05) is 0 Å². The molecule has 1 aliphatic carbocycles. The number of nitrogens with two attached hydrogens (primary N) is 1. The van der Waals surface area contributed by atoms with Crippen molar-refractivity contribution in [2.45, 2.75) is 51.2 Å². The average molecular weight is 183 g/mol. The van der Waals surface area contributed by atoms with Gasteiger partial charge in [0.25, 0.3) is 0 Å². The van der Waals surface area contributed by atoms with E-state index in [4.69, 9.17) is 10.5 Å². The maximum atomic E-state index is 11.7. The molecule has 2 rings (SSSR count). The van der Waals surface area contributed by atoms with Gasteiger partial charge in [-0.3, -0.25) is 4.79 Å². The summed E-state index contributed by atoms with van der Waals surface area (Å²) in [5.74, 6) is -0.0489. The minimum Gasteiger partial charge on any atom is -0.461 e. The average Bonchev–Trinajstić information content (AvgIpc) is 2.34. The van der Waals surface area contributed by atoms with Gasteiger partial charge in [0.15, 0.2) is 0 Å².